The van der Waals surface area contributed by atoms with Crippen molar-refractivity contribution in [3.05, 3.63) is 28.8 Å². The second-order valence-electron chi connectivity index (χ2n) is 4.80. The number of halogens is 3. The van der Waals surface area contributed by atoms with Gasteiger partial charge in [-0.05, 0) is 32.3 Å². The lowest BCUT2D eigenvalue weighted by Gasteiger charge is -2.29. The molecule has 1 aromatic carbocycles. The molecule has 1 aromatic heterocycles. The van der Waals surface area contributed by atoms with Crippen LogP contribution in [0.25, 0.3) is 11.0 Å². The van der Waals surface area contributed by atoms with E-state index in [1.165, 1.54) is 12.5 Å². The first-order chi connectivity index (χ1) is 8.58. The summed E-state index contributed by atoms with van der Waals surface area (Å²) < 4.78 is 15.7. The minimum absolute atomic E-state index is 0.106. The maximum atomic E-state index is 13.6. The zero-order chi connectivity index (χ0) is 12.9. The molecule has 0 N–H and O–H groups in total. The zero-order valence-electron chi connectivity index (χ0n) is 9.96. The number of hydrogen-bond donors (Lipinski definition) is 0. The second-order valence-corrected chi connectivity index (χ2v) is 5.86. The van der Waals surface area contributed by atoms with E-state index in [0.717, 1.165) is 29.7 Å². The first kappa shape index (κ1) is 12.2. The van der Waals surface area contributed by atoms with Gasteiger partial charge >= 0.3 is 0 Å². The Morgan fingerprint density at radius 2 is 2.17 bits per heavy atom. The first-order valence-electron chi connectivity index (χ1n) is 6.09. The van der Waals surface area contributed by atoms with Gasteiger partial charge in [-0.2, -0.15) is 0 Å². The van der Waals surface area contributed by atoms with E-state index in [-0.39, 0.29) is 10.4 Å². The lowest BCUT2D eigenvalue weighted by molar-refractivity contribution is 0.313. The lowest BCUT2D eigenvalue weighted by atomic mass is 9.92. The third-order valence-electron chi connectivity index (χ3n) is 3.55. The number of hydrogen-bond acceptors (Lipinski definition) is 1. The highest BCUT2D eigenvalue weighted by Crippen LogP contribution is 2.38. The van der Waals surface area contributed by atoms with E-state index >= 15 is 0 Å². The Labute approximate surface area is 115 Å². The maximum Gasteiger partial charge on any atom is 0.144 e. The van der Waals surface area contributed by atoms with E-state index in [2.05, 4.69) is 9.55 Å². The molecular formula is C13H13Cl2FN2. The molecule has 1 atom stereocenters. The van der Waals surface area contributed by atoms with E-state index < -0.39 is 5.82 Å². The van der Waals surface area contributed by atoms with Crippen LogP contribution in [0.3, 0.4) is 0 Å². The van der Waals surface area contributed by atoms with Gasteiger partial charge in [0, 0.05) is 12.1 Å². The van der Waals surface area contributed by atoms with Crippen molar-refractivity contribution in [3.8, 4) is 0 Å². The average molecular weight is 287 g/mol. The van der Waals surface area contributed by atoms with E-state index in [9.17, 15) is 4.39 Å². The van der Waals surface area contributed by atoms with Gasteiger partial charge in [-0.3, -0.25) is 0 Å². The summed E-state index contributed by atoms with van der Waals surface area (Å²) in [7, 11) is 0. The van der Waals surface area contributed by atoms with Crippen molar-refractivity contribution >= 4 is 34.2 Å². The molecule has 1 fully saturated rings. The molecule has 5 heteroatoms. The Morgan fingerprint density at radius 3 is 2.72 bits per heavy atom. The molecule has 1 saturated carbocycles. The van der Waals surface area contributed by atoms with Gasteiger partial charge in [0.25, 0.3) is 0 Å². The Bertz CT molecular complexity index is 603. The standard InChI is InChI=1S/C13H13Cl2FN2/c1-7(14)13-17-11-5-9(15)10(16)6-12(11)18(13)8-3-2-4-8/h5-8H,2-4H2,1H3. The summed E-state index contributed by atoms with van der Waals surface area (Å²) in [4.78, 5) is 4.50. The fourth-order valence-electron chi connectivity index (χ4n) is 2.42. The number of rotatable bonds is 2. The summed E-state index contributed by atoms with van der Waals surface area (Å²) in [6.45, 7) is 1.88. The molecule has 96 valence electrons. The van der Waals surface area contributed by atoms with Crippen LogP contribution in [0.4, 0.5) is 4.39 Å². The SMILES string of the molecule is CC(Cl)c1nc2cc(Cl)c(F)cc2n1C1CCC1. The number of benzene rings is 1. The topological polar surface area (TPSA) is 17.8 Å². The van der Waals surface area contributed by atoms with Crippen molar-refractivity contribution in [2.45, 2.75) is 37.6 Å². The minimum Gasteiger partial charge on any atom is -0.324 e. The largest absolute Gasteiger partial charge is 0.324 e. The summed E-state index contributed by atoms with van der Waals surface area (Å²) in [5.74, 6) is 0.399. The van der Waals surface area contributed by atoms with Crippen LogP contribution in [-0.2, 0) is 0 Å². The molecule has 0 amide bonds. The number of nitrogens with zero attached hydrogens (tertiary/aromatic N) is 2. The fraction of sp³-hybridized carbons (Fsp3) is 0.462. The molecule has 0 saturated heterocycles. The van der Waals surface area contributed by atoms with Crippen LogP contribution in [0.1, 0.15) is 43.4 Å². The number of fused-ring (bicyclic) bond motifs is 1. The number of imidazole rings is 1. The molecule has 1 heterocycles. The molecule has 2 aromatic rings. The predicted octanol–water partition coefficient (Wildman–Crippen LogP) is 4.85. The highest BCUT2D eigenvalue weighted by atomic mass is 35.5. The van der Waals surface area contributed by atoms with Crippen LogP contribution in [-0.4, -0.2) is 9.55 Å². The second kappa shape index (κ2) is 4.39. The molecular weight excluding hydrogens is 274 g/mol. The van der Waals surface area contributed by atoms with Crippen molar-refractivity contribution < 1.29 is 4.39 Å². The molecule has 1 aliphatic carbocycles. The molecule has 0 bridgehead atoms. The molecule has 1 unspecified atom stereocenters. The predicted molar refractivity (Wildman–Crippen MR) is 71.9 cm³/mol. The third-order valence-corrected chi connectivity index (χ3v) is 4.04. The monoisotopic (exact) mass is 286 g/mol. The maximum absolute atomic E-state index is 13.6. The van der Waals surface area contributed by atoms with E-state index in [1.54, 1.807) is 6.07 Å². The molecule has 0 spiro atoms. The van der Waals surface area contributed by atoms with Crippen molar-refractivity contribution in [3.63, 3.8) is 0 Å². The van der Waals surface area contributed by atoms with E-state index in [4.69, 9.17) is 23.2 Å². The highest BCUT2D eigenvalue weighted by molar-refractivity contribution is 6.31. The quantitative estimate of drug-likeness (QED) is 0.722. The molecule has 2 nitrogen and oxygen atoms in total. The Kier molecular flexibility index (Phi) is 2.99. The fourth-order valence-corrected chi connectivity index (χ4v) is 2.73. The van der Waals surface area contributed by atoms with Crippen molar-refractivity contribution in [1.82, 2.24) is 9.55 Å². The Hall–Kier alpha value is -0.800. The molecule has 0 radical (unpaired) electrons. The van der Waals surface area contributed by atoms with Crippen LogP contribution < -0.4 is 0 Å². The normalized spacial score (nSPS) is 18.0. The molecule has 3 rings (SSSR count). The first-order valence-corrected chi connectivity index (χ1v) is 6.90. The van der Waals surface area contributed by atoms with Crippen LogP contribution in [0.5, 0.6) is 0 Å². The smallest absolute Gasteiger partial charge is 0.144 e. The lowest BCUT2D eigenvalue weighted by Crippen LogP contribution is -2.19. The molecule has 1 aliphatic rings. The Morgan fingerprint density at radius 1 is 1.44 bits per heavy atom. The molecule has 0 aliphatic heterocycles. The van der Waals surface area contributed by atoms with Gasteiger partial charge in [-0.25, -0.2) is 9.37 Å². The highest BCUT2D eigenvalue weighted by Gasteiger charge is 2.26. The van der Waals surface area contributed by atoms with Crippen molar-refractivity contribution in [1.29, 1.82) is 0 Å². The Balaban J connectivity index is 2.26. The summed E-state index contributed by atoms with van der Waals surface area (Å²) >= 11 is 12.0. The van der Waals surface area contributed by atoms with Crippen LogP contribution >= 0.6 is 23.2 Å². The van der Waals surface area contributed by atoms with Gasteiger partial charge in [0.05, 0.1) is 21.4 Å². The van der Waals surface area contributed by atoms with Gasteiger partial charge in [0.15, 0.2) is 0 Å². The third kappa shape index (κ3) is 1.81. The van der Waals surface area contributed by atoms with Crippen molar-refractivity contribution in [2.24, 2.45) is 0 Å². The summed E-state index contributed by atoms with van der Waals surface area (Å²) in [5.41, 5.74) is 1.51. The summed E-state index contributed by atoms with van der Waals surface area (Å²) in [6, 6.07) is 3.43. The molecule has 18 heavy (non-hydrogen) atoms. The van der Waals surface area contributed by atoms with Gasteiger partial charge in [-0.1, -0.05) is 11.6 Å². The summed E-state index contributed by atoms with van der Waals surface area (Å²) in [5, 5.41) is -0.0885. The minimum atomic E-state index is -0.404. The van der Waals surface area contributed by atoms with Crippen LogP contribution in [0.2, 0.25) is 5.02 Å². The van der Waals surface area contributed by atoms with Gasteiger partial charge in [0.1, 0.15) is 11.6 Å². The zero-order valence-corrected chi connectivity index (χ0v) is 11.5. The van der Waals surface area contributed by atoms with Crippen LogP contribution in [0.15, 0.2) is 12.1 Å². The van der Waals surface area contributed by atoms with Gasteiger partial charge in [0.2, 0.25) is 0 Å². The number of alkyl halides is 1. The van der Waals surface area contributed by atoms with Gasteiger partial charge < -0.3 is 4.57 Å². The van der Waals surface area contributed by atoms with E-state index in [0.29, 0.717) is 6.04 Å². The van der Waals surface area contributed by atoms with Crippen LogP contribution in [0, 0.1) is 5.82 Å². The number of aromatic nitrogens is 2. The van der Waals surface area contributed by atoms with E-state index in [1.807, 2.05) is 6.92 Å². The van der Waals surface area contributed by atoms with Crippen molar-refractivity contribution in [2.75, 3.05) is 0 Å². The summed E-state index contributed by atoms with van der Waals surface area (Å²) in [6.07, 6.45) is 3.41. The average Bonchev–Trinajstić information content (AvgIpc) is 2.56. The van der Waals surface area contributed by atoms with Gasteiger partial charge in [-0.15, -0.1) is 11.6 Å².